The molecule has 2 aromatic carbocycles. The van der Waals surface area contributed by atoms with Gasteiger partial charge in [-0.2, -0.15) is 17.6 Å². The van der Waals surface area contributed by atoms with Crippen LogP contribution in [0.15, 0.2) is 42.5 Å². The first kappa shape index (κ1) is 10.6. The lowest BCUT2D eigenvalue weighted by Crippen LogP contribution is -2.02. The van der Waals surface area contributed by atoms with Gasteiger partial charge in [-0.05, 0) is 16.3 Å². The second-order valence-corrected chi connectivity index (χ2v) is 4.25. The van der Waals surface area contributed by atoms with Gasteiger partial charge in [-0.3, -0.25) is 0 Å². The minimum atomic E-state index is -3.92. The summed E-state index contributed by atoms with van der Waals surface area (Å²) >= 11 is 0. The van der Waals surface area contributed by atoms with Crippen LogP contribution in [0.4, 0.5) is 17.6 Å². The van der Waals surface area contributed by atoms with Gasteiger partial charge in [0.2, 0.25) is 0 Å². The number of alkyl halides is 4. The smallest absolute Gasteiger partial charge is 0.199 e. The molecule has 88 valence electrons. The van der Waals surface area contributed by atoms with E-state index in [9.17, 15) is 17.6 Å². The number of rotatable bonds is 1. The molecule has 0 nitrogen and oxygen atoms in total. The highest BCUT2D eigenvalue weighted by Gasteiger charge is 2.85. The molecule has 0 atom stereocenters. The summed E-state index contributed by atoms with van der Waals surface area (Å²) < 4.78 is 52.2. The number of hydrogen-bond donors (Lipinski definition) is 0. The van der Waals surface area contributed by atoms with Crippen molar-refractivity contribution in [3.63, 3.8) is 0 Å². The normalized spacial score (nSPS) is 21.6. The van der Waals surface area contributed by atoms with Crippen molar-refractivity contribution in [3.8, 4) is 0 Å². The Kier molecular flexibility index (Phi) is 1.86. The molecule has 3 rings (SSSR count). The number of halogens is 4. The zero-order valence-corrected chi connectivity index (χ0v) is 8.63. The molecule has 0 aliphatic heterocycles. The van der Waals surface area contributed by atoms with Crippen molar-refractivity contribution in [2.75, 3.05) is 0 Å². The van der Waals surface area contributed by atoms with Crippen molar-refractivity contribution < 1.29 is 17.6 Å². The van der Waals surface area contributed by atoms with Gasteiger partial charge >= 0.3 is 11.8 Å². The molecule has 17 heavy (non-hydrogen) atoms. The Morgan fingerprint density at radius 1 is 0.765 bits per heavy atom. The largest absolute Gasteiger partial charge is 0.323 e. The minimum absolute atomic E-state index is 0.0260. The fourth-order valence-electron chi connectivity index (χ4n) is 2.24. The van der Waals surface area contributed by atoms with E-state index in [-0.39, 0.29) is 5.56 Å². The Bertz CT molecular complexity index is 569. The van der Waals surface area contributed by atoms with Gasteiger partial charge in [-0.15, -0.1) is 0 Å². The Morgan fingerprint density at radius 3 is 2.00 bits per heavy atom. The van der Waals surface area contributed by atoms with Crippen molar-refractivity contribution in [1.82, 2.24) is 0 Å². The zero-order valence-electron chi connectivity index (χ0n) is 8.63. The first-order chi connectivity index (χ1) is 7.96. The first-order valence-electron chi connectivity index (χ1n) is 5.19. The van der Waals surface area contributed by atoms with E-state index in [1.807, 2.05) is 0 Å². The van der Waals surface area contributed by atoms with E-state index in [0.717, 1.165) is 0 Å². The summed E-state index contributed by atoms with van der Waals surface area (Å²) in [6, 6.07) is 11.3. The van der Waals surface area contributed by atoms with E-state index in [4.69, 9.17) is 0 Å². The number of benzene rings is 2. The van der Waals surface area contributed by atoms with E-state index in [1.54, 1.807) is 30.3 Å². The Hall–Kier alpha value is -1.58. The first-order valence-corrected chi connectivity index (χ1v) is 5.19. The molecule has 0 radical (unpaired) electrons. The molecule has 1 aliphatic rings. The van der Waals surface area contributed by atoms with Crippen LogP contribution in [-0.4, -0.2) is 11.8 Å². The van der Waals surface area contributed by atoms with E-state index >= 15 is 0 Å². The highest BCUT2D eigenvalue weighted by Crippen LogP contribution is 2.68. The molecule has 0 spiro atoms. The van der Waals surface area contributed by atoms with Gasteiger partial charge in [-0.25, -0.2) is 0 Å². The lowest BCUT2D eigenvalue weighted by atomic mass is 10.0. The van der Waals surface area contributed by atoms with Crippen LogP contribution in [0.3, 0.4) is 0 Å². The van der Waals surface area contributed by atoms with Crippen LogP contribution in [0.1, 0.15) is 11.5 Å². The van der Waals surface area contributed by atoms with Crippen molar-refractivity contribution in [2.24, 2.45) is 0 Å². The molecule has 1 aliphatic carbocycles. The van der Waals surface area contributed by atoms with Gasteiger partial charge in [0.05, 0.1) is 0 Å². The van der Waals surface area contributed by atoms with Crippen LogP contribution in [0, 0.1) is 0 Å². The average molecular weight is 240 g/mol. The zero-order chi connectivity index (χ0) is 12.3. The summed E-state index contributed by atoms with van der Waals surface area (Å²) in [5, 5.41) is 1.17. The molecule has 0 aromatic heterocycles. The molecule has 0 saturated heterocycles. The van der Waals surface area contributed by atoms with Gasteiger partial charge in [0.1, 0.15) is 5.92 Å². The van der Waals surface area contributed by atoms with Gasteiger partial charge in [-0.1, -0.05) is 42.5 Å². The van der Waals surface area contributed by atoms with Gasteiger partial charge in [0.15, 0.2) is 0 Å². The quantitative estimate of drug-likeness (QED) is 0.655. The summed E-state index contributed by atoms with van der Waals surface area (Å²) in [7, 11) is 0. The van der Waals surface area contributed by atoms with Gasteiger partial charge in [0, 0.05) is 0 Å². The monoisotopic (exact) mass is 240 g/mol. The van der Waals surface area contributed by atoms with Crippen molar-refractivity contribution in [2.45, 2.75) is 17.8 Å². The molecule has 0 N–H and O–H groups in total. The lowest BCUT2D eigenvalue weighted by Gasteiger charge is -2.04. The van der Waals surface area contributed by atoms with E-state index in [2.05, 4.69) is 0 Å². The summed E-state index contributed by atoms with van der Waals surface area (Å²) in [6.45, 7) is 0. The second-order valence-electron chi connectivity index (χ2n) is 4.25. The van der Waals surface area contributed by atoms with Crippen LogP contribution < -0.4 is 0 Å². The third kappa shape index (κ3) is 1.24. The van der Waals surface area contributed by atoms with Crippen LogP contribution >= 0.6 is 0 Å². The van der Waals surface area contributed by atoms with Crippen molar-refractivity contribution >= 4 is 10.8 Å². The van der Waals surface area contributed by atoms with Crippen LogP contribution in [0.2, 0.25) is 0 Å². The minimum Gasteiger partial charge on any atom is -0.199 e. The Balaban J connectivity index is 2.21. The number of hydrogen-bond acceptors (Lipinski definition) is 0. The molecule has 0 unspecified atom stereocenters. The van der Waals surface area contributed by atoms with Crippen LogP contribution in [-0.2, 0) is 0 Å². The third-order valence-electron chi connectivity index (χ3n) is 3.22. The average Bonchev–Trinajstić information content (AvgIpc) is 2.69. The van der Waals surface area contributed by atoms with Crippen molar-refractivity contribution in [1.29, 1.82) is 0 Å². The molecule has 0 bridgehead atoms. The van der Waals surface area contributed by atoms with Crippen molar-refractivity contribution in [3.05, 3.63) is 48.0 Å². The van der Waals surface area contributed by atoms with Gasteiger partial charge < -0.3 is 0 Å². The Morgan fingerprint density at radius 2 is 1.35 bits per heavy atom. The molecular formula is C13H8F4. The molecular weight excluding hydrogens is 232 g/mol. The van der Waals surface area contributed by atoms with E-state index in [1.165, 1.54) is 12.1 Å². The van der Waals surface area contributed by atoms with Gasteiger partial charge in [0.25, 0.3) is 0 Å². The predicted molar refractivity (Wildman–Crippen MR) is 56.6 cm³/mol. The predicted octanol–water partition coefficient (Wildman–Crippen LogP) is 4.21. The molecule has 4 heteroatoms. The van der Waals surface area contributed by atoms with Crippen LogP contribution in [0.5, 0.6) is 0 Å². The maximum atomic E-state index is 13.0. The van der Waals surface area contributed by atoms with E-state index in [0.29, 0.717) is 10.8 Å². The summed E-state index contributed by atoms with van der Waals surface area (Å²) in [6.07, 6.45) is 0. The molecule has 2 aromatic rings. The van der Waals surface area contributed by atoms with Crippen LogP contribution in [0.25, 0.3) is 10.8 Å². The summed E-state index contributed by atoms with van der Waals surface area (Å²) in [5.74, 6) is -9.82. The molecule has 1 saturated carbocycles. The van der Waals surface area contributed by atoms with E-state index < -0.39 is 17.8 Å². The third-order valence-corrected chi connectivity index (χ3v) is 3.22. The highest BCUT2D eigenvalue weighted by molar-refractivity contribution is 5.87. The fourth-order valence-corrected chi connectivity index (χ4v) is 2.24. The maximum absolute atomic E-state index is 13.0. The maximum Gasteiger partial charge on any atom is 0.323 e. The molecule has 0 amide bonds. The Labute approximate surface area is 94.9 Å². The fraction of sp³-hybridized carbons (Fsp3) is 0.231. The highest BCUT2D eigenvalue weighted by atomic mass is 19.3. The SMILES string of the molecule is FC1(F)C(c2cccc3ccccc23)C1(F)F. The molecule has 0 heterocycles. The second kappa shape index (κ2) is 3.00. The summed E-state index contributed by atoms with van der Waals surface area (Å²) in [4.78, 5) is 0. The topological polar surface area (TPSA) is 0 Å². The standard InChI is InChI=1S/C13H8F4/c14-12(15)11(13(12,16)17)10-7-3-5-8-4-1-2-6-9(8)10/h1-7,11H. The number of fused-ring (bicyclic) bond motifs is 1. The molecule has 1 fully saturated rings. The summed E-state index contributed by atoms with van der Waals surface area (Å²) in [5.41, 5.74) is 0.0260. The lowest BCUT2D eigenvalue weighted by molar-refractivity contribution is -0.0278.